The number of benzene rings is 1. The Hall–Kier alpha value is -1.56. The fourth-order valence-electron chi connectivity index (χ4n) is 1.33. The molecule has 0 radical (unpaired) electrons. The second-order valence-corrected chi connectivity index (χ2v) is 3.28. The van der Waals surface area contributed by atoms with E-state index in [-0.39, 0.29) is 11.0 Å². The van der Waals surface area contributed by atoms with Crippen LogP contribution in [0.15, 0.2) is 28.7 Å². The van der Waals surface area contributed by atoms with Crippen LogP contribution in [0.4, 0.5) is 17.6 Å². The predicted octanol–water partition coefficient (Wildman–Crippen LogP) is 3.17. The molecule has 0 fully saturated rings. The van der Waals surface area contributed by atoms with E-state index in [0.717, 1.165) is 18.2 Å². The van der Waals surface area contributed by atoms with Gasteiger partial charge in [-0.05, 0) is 24.3 Å². The van der Waals surface area contributed by atoms with Gasteiger partial charge in [0.15, 0.2) is 0 Å². The van der Waals surface area contributed by atoms with Crippen molar-refractivity contribution in [1.29, 1.82) is 0 Å². The fourth-order valence-corrected chi connectivity index (χ4v) is 1.33. The maximum absolute atomic E-state index is 12.8. The zero-order valence-electron chi connectivity index (χ0n) is 7.75. The summed E-state index contributed by atoms with van der Waals surface area (Å²) in [5.41, 5.74) is 0.0969. The van der Waals surface area contributed by atoms with E-state index in [4.69, 9.17) is 9.52 Å². The Balaban J connectivity index is 2.47. The molecule has 1 aromatic heterocycles. The first-order valence-corrected chi connectivity index (χ1v) is 4.32. The van der Waals surface area contributed by atoms with Gasteiger partial charge in [-0.1, -0.05) is 0 Å². The second-order valence-electron chi connectivity index (χ2n) is 3.28. The largest absolute Gasteiger partial charge is 0.458 e. The molecule has 1 unspecified atom stereocenters. The Labute approximate surface area is 87.1 Å². The summed E-state index contributed by atoms with van der Waals surface area (Å²) in [6.07, 6.45) is -7.49. The molecular weight excluding hydrogens is 228 g/mol. The molecule has 2 rings (SSSR count). The molecule has 16 heavy (non-hydrogen) atoms. The molecule has 2 aromatic rings. The smallest absolute Gasteiger partial charge is 0.421 e. The van der Waals surface area contributed by atoms with Crippen LogP contribution >= 0.6 is 0 Å². The standard InChI is InChI=1S/C10H6F4O2/c11-6-1-2-7-5(3-6)4-8(16-7)9(15)10(12,13)14/h1-4,9,15H. The highest BCUT2D eigenvalue weighted by molar-refractivity contribution is 5.77. The summed E-state index contributed by atoms with van der Waals surface area (Å²) in [7, 11) is 0. The lowest BCUT2D eigenvalue weighted by molar-refractivity contribution is -0.211. The van der Waals surface area contributed by atoms with Gasteiger partial charge < -0.3 is 9.52 Å². The number of halogens is 4. The van der Waals surface area contributed by atoms with Crippen LogP contribution in [0.3, 0.4) is 0 Å². The minimum atomic E-state index is -4.80. The minimum Gasteiger partial charge on any atom is -0.458 e. The zero-order valence-corrected chi connectivity index (χ0v) is 7.75. The lowest BCUT2D eigenvalue weighted by Gasteiger charge is -2.10. The summed E-state index contributed by atoms with van der Waals surface area (Å²) >= 11 is 0. The first kappa shape index (κ1) is 10.9. The van der Waals surface area contributed by atoms with Gasteiger partial charge in [0, 0.05) is 5.39 Å². The van der Waals surface area contributed by atoms with Crippen LogP contribution in [0.1, 0.15) is 11.9 Å². The van der Waals surface area contributed by atoms with E-state index < -0.39 is 23.9 Å². The molecule has 0 aliphatic rings. The average Bonchev–Trinajstić information content (AvgIpc) is 2.57. The van der Waals surface area contributed by atoms with Crippen molar-refractivity contribution in [3.05, 3.63) is 35.8 Å². The highest BCUT2D eigenvalue weighted by Gasteiger charge is 2.41. The van der Waals surface area contributed by atoms with Crippen molar-refractivity contribution in [2.75, 3.05) is 0 Å². The number of aliphatic hydroxyl groups excluding tert-OH is 1. The van der Waals surface area contributed by atoms with E-state index in [1.54, 1.807) is 0 Å². The summed E-state index contributed by atoms with van der Waals surface area (Å²) in [5.74, 6) is -1.23. The molecule has 86 valence electrons. The van der Waals surface area contributed by atoms with Crippen LogP contribution in [0.2, 0.25) is 0 Å². The Morgan fingerprint density at radius 3 is 2.50 bits per heavy atom. The molecule has 6 heteroatoms. The molecule has 1 heterocycles. The molecule has 1 aromatic carbocycles. The van der Waals surface area contributed by atoms with Crippen molar-refractivity contribution in [2.45, 2.75) is 12.3 Å². The summed E-state index contributed by atoms with van der Waals surface area (Å²) in [6.45, 7) is 0. The number of hydrogen-bond acceptors (Lipinski definition) is 2. The van der Waals surface area contributed by atoms with Crippen molar-refractivity contribution in [2.24, 2.45) is 0 Å². The molecule has 1 N–H and O–H groups in total. The third-order valence-electron chi connectivity index (χ3n) is 2.08. The topological polar surface area (TPSA) is 33.4 Å². The molecular formula is C10H6F4O2. The molecule has 0 spiro atoms. The third-order valence-corrected chi connectivity index (χ3v) is 2.08. The van der Waals surface area contributed by atoms with Crippen LogP contribution in [-0.4, -0.2) is 11.3 Å². The summed E-state index contributed by atoms with van der Waals surface area (Å²) in [4.78, 5) is 0. The number of fused-ring (bicyclic) bond motifs is 1. The predicted molar refractivity (Wildman–Crippen MR) is 47.2 cm³/mol. The van der Waals surface area contributed by atoms with Gasteiger partial charge in [0.2, 0.25) is 6.10 Å². The van der Waals surface area contributed by atoms with E-state index in [0.29, 0.717) is 0 Å². The number of alkyl halides is 3. The monoisotopic (exact) mass is 234 g/mol. The van der Waals surface area contributed by atoms with Gasteiger partial charge in [-0.2, -0.15) is 13.2 Å². The van der Waals surface area contributed by atoms with E-state index in [1.165, 1.54) is 6.07 Å². The van der Waals surface area contributed by atoms with Gasteiger partial charge in [-0.3, -0.25) is 0 Å². The van der Waals surface area contributed by atoms with Crippen molar-refractivity contribution in [3.8, 4) is 0 Å². The van der Waals surface area contributed by atoms with Gasteiger partial charge in [0.1, 0.15) is 17.2 Å². The second kappa shape index (κ2) is 3.48. The zero-order chi connectivity index (χ0) is 11.9. The first-order valence-electron chi connectivity index (χ1n) is 4.32. The Kier molecular flexibility index (Phi) is 2.38. The van der Waals surface area contributed by atoms with E-state index in [2.05, 4.69) is 0 Å². The van der Waals surface area contributed by atoms with Crippen molar-refractivity contribution < 1.29 is 27.1 Å². The van der Waals surface area contributed by atoms with Gasteiger partial charge in [0.25, 0.3) is 0 Å². The molecule has 0 saturated heterocycles. The number of aliphatic hydroxyl groups is 1. The van der Waals surface area contributed by atoms with Crippen LogP contribution in [0.5, 0.6) is 0 Å². The fraction of sp³-hybridized carbons (Fsp3) is 0.200. The molecule has 0 amide bonds. The quantitative estimate of drug-likeness (QED) is 0.769. The van der Waals surface area contributed by atoms with Crippen molar-refractivity contribution in [1.82, 2.24) is 0 Å². The number of hydrogen-bond donors (Lipinski definition) is 1. The highest BCUT2D eigenvalue weighted by atomic mass is 19.4. The highest BCUT2D eigenvalue weighted by Crippen LogP contribution is 2.35. The first-order chi connectivity index (χ1) is 7.38. The molecule has 2 nitrogen and oxygen atoms in total. The Morgan fingerprint density at radius 2 is 1.88 bits per heavy atom. The molecule has 0 saturated carbocycles. The molecule has 0 aliphatic carbocycles. The molecule has 0 aliphatic heterocycles. The van der Waals surface area contributed by atoms with Crippen LogP contribution in [0.25, 0.3) is 11.0 Å². The summed E-state index contributed by atoms with van der Waals surface area (Å²) in [6, 6.07) is 4.27. The van der Waals surface area contributed by atoms with Gasteiger partial charge in [-0.15, -0.1) is 0 Å². The van der Waals surface area contributed by atoms with Crippen molar-refractivity contribution >= 4 is 11.0 Å². The van der Waals surface area contributed by atoms with Crippen molar-refractivity contribution in [3.63, 3.8) is 0 Å². The van der Waals surface area contributed by atoms with Gasteiger partial charge in [-0.25, -0.2) is 4.39 Å². The number of furan rings is 1. The van der Waals surface area contributed by atoms with Gasteiger partial charge in [0.05, 0.1) is 0 Å². The average molecular weight is 234 g/mol. The molecule has 0 bridgehead atoms. The van der Waals surface area contributed by atoms with Crippen LogP contribution in [-0.2, 0) is 0 Å². The van der Waals surface area contributed by atoms with Crippen LogP contribution < -0.4 is 0 Å². The maximum atomic E-state index is 12.8. The molecule has 1 atom stereocenters. The lowest BCUT2D eigenvalue weighted by Crippen LogP contribution is -2.19. The van der Waals surface area contributed by atoms with E-state index >= 15 is 0 Å². The normalized spacial score (nSPS) is 14.3. The van der Waals surface area contributed by atoms with Gasteiger partial charge >= 0.3 is 6.18 Å². The number of rotatable bonds is 1. The lowest BCUT2D eigenvalue weighted by atomic mass is 10.2. The summed E-state index contributed by atoms with van der Waals surface area (Å²) in [5, 5.41) is 9.09. The Bertz CT molecular complexity index is 515. The Morgan fingerprint density at radius 1 is 1.19 bits per heavy atom. The maximum Gasteiger partial charge on any atom is 0.421 e. The van der Waals surface area contributed by atoms with E-state index in [9.17, 15) is 17.6 Å². The van der Waals surface area contributed by atoms with Crippen LogP contribution in [0, 0.1) is 5.82 Å². The summed E-state index contributed by atoms with van der Waals surface area (Å²) < 4.78 is 54.0. The minimum absolute atomic E-state index is 0.0969. The van der Waals surface area contributed by atoms with E-state index in [1.807, 2.05) is 0 Å². The third kappa shape index (κ3) is 1.88. The SMILES string of the molecule is OC(c1cc2cc(F)ccc2o1)C(F)(F)F.